The summed E-state index contributed by atoms with van der Waals surface area (Å²) in [4.78, 5) is 11.2. The zero-order valence-corrected chi connectivity index (χ0v) is 15.0. The number of benzene rings is 2. The van der Waals surface area contributed by atoms with Crippen molar-refractivity contribution in [1.82, 2.24) is 0 Å². The lowest BCUT2D eigenvalue weighted by Crippen LogP contribution is -2.13. The van der Waals surface area contributed by atoms with Gasteiger partial charge in [-0.2, -0.15) is 13.2 Å². The molecule has 2 rings (SSSR count). The quantitative estimate of drug-likeness (QED) is 0.585. The summed E-state index contributed by atoms with van der Waals surface area (Å²) in [5.74, 6) is -1.85. The SMILES string of the molecule is COCCCNc1cc(C(=O)O)cc(C(F)(F)F)c1Oc1ccc(Cl)cc1. The van der Waals surface area contributed by atoms with Crippen LogP contribution in [0, 0.1) is 0 Å². The Bertz CT molecular complexity index is 794. The molecule has 0 bridgehead atoms. The van der Waals surface area contributed by atoms with E-state index in [2.05, 4.69) is 5.32 Å². The van der Waals surface area contributed by atoms with Crippen LogP contribution < -0.4 is 10.1 Å². The summed E-state index contributed by atoms with van der Waals surface area (Å²) in [6, 6.07) is 7.44. The zero-order chi connectivity index (χ0) is 20.0. The number of nitrogens with one attached hydrogen (secondary N) is 1. The maximum atomic E-state index is 13.5. The number of carboxylic acid groups (broad SMARTS) is 1. The van der Waals surface area contributed by atoms with E-state index < -0.39 is 29.0 Å². The molecule has 0 heterocycles. The van der Waals surface area contributed by atoms with Crippen molar-refractivity contribution in [1.29, 1.82) is 0 Å². The van der Waals surface area contributed by atoms with Crippen molar-refractivity contribution in [3.05, 3.63) is 52.5 Å². The third-order valence-corrected chi connectivity index (χ3v) is 3.77. The Morgan fingerprint density at radius 3 is 2.44 bits per heavy atom. The standard InChI is InChI=1S/C18H17ClF3NO4/c1-26-8-2-7-23-15-10-11(17(24)25)9-14(18(20,21)22)16(15)27-13-5-3-12(19)4-6-13/h3-6,9-10,23H,2,7-8H2,1H3,(H,24,25). The van der Waals surface area contributed by atoms with Crippen LogP contribution in [0.15, 0.2) is 36.4 Å². The lowest BCUT2D eigenvalue weighted by molar-refractivity contribution is -0.138. The van der Waals surface area contributed by atoms with E-state index in [1.54, 1.807) is 0 Å². The molecular formula is C18H17ClF3NO4. The van der Waals surface area contributed by atoms with Crippen LogP contribution in [0.25, 0.3) is 0 Å². The highest BCUT2D eigenvalue weighted by Crippen LogP contribution is 2.43. The number of rotatable bonds is 8. The highest BCUT2D eigenvalue weighted by atomic mass is 35.5. The van der Waals surface area contributed by atoms with Crippen LogP contribution in [0.5, 0.6) is 11.5 Å². The smallest absolute Gasteiger partial charge is 0.420 e. The Morgan fingerprint density at radius 1 is 1.22 bits per heavy atom. The first-order valence-corrected chi connectivity index (χ1v) is 8.25. The van der Waals surface area contributed by atoms with Crippen LogP contribution in [0.3, 0.4) is 0 Å². The van der Waals surface area contributed by atoms with E-state index in [-0.39, 0.29) is 18.0 Å². The summed E-state index contributed by atoms with van der Waals surface area (Å²) >= 11 is 5.78. The molecule has 9 heteroatoms. The number of hydrogen-bond donors (Lipinski definition) is 2. The Labute approximate surface area is 158 Å². The molecule has 5 nitrogen and oxygen atoms in total. The van der Waals surface area contributed by atoms with Crippen molar-refractivity contribution < 1.29 is 32.5 Å². The lowest BCUT2D eigenvalue weighted by atomic mass is 10.1. The van der Waals surface area contributed by atoms with Crippen LogP contribution >= 0.6 is 11.6 Å². The molecule has 0 radical (unpaired) electrons. The Hall–Kier alpha value is -2.45. The molecule has 2 aromatic carbocycles. The minimum atomic E-state index is -4.81. The van der Waals surface area contributed by atoms with Crippen molar-refractivity contribution in [2.24, 2.45) is 0 Å². The van der Waals surface area contributed by atoms with E-state index in [4.69, 9.17) is 26.2 Å². The van der Waals surface area contributed by atoms with Crippen molar-refractivity contribution >= 4 is 23.3 Å². The minimum absolute atomic E-state index is 0.0757. The molecule has 146 valence electrons. The monoisotopic (exact) mass is 403 g/mol. The number of halogens is 4. The molecule has 0 spiro atoms. The Morgan fingerprint density at radius 2 is 1.89 bits per heavy atom. The molecule has 0 aromatic heterocycles. The fourth-order valence-corrected chi connectivity index (χ4v) is 2.39. The number of hydrogen-bond acceptors (Lipinski definition) is 4. The van der Waals surface area contributed by atoms with Gasteiger partial charge >= 0.3 is 12.1 Å². The third kappa shape index (κ3) is 5.77. The van der Waals surface area contributed by atoms with E-state index in [9.17, 15) is 18.0 Å². The van der Waals surface area contributed by atoms with Gasteiger partial charge in [-0.05, 0) is 42.8 Å². The van der Waals surface area contributed by atoms with Crippen molar-refractivity contribution in [3.63, 3.8) is 0 Å². The predicted molar refractivity (Wildman–Crippen MR) is 94.9 cm³/mol. The summed E-state index contributed by atoms with van der Waals surface area (Å²) in [5.41, 5.74) is -1.76. The van der Waals surface area contributed by atoms with E-state index >= 15 is 0 Å². The molecule has 2 N–H and O–H groups in total. The van der Waals surface area contributed by atoms with E-state index in [1.807, 2.05) is 0 Å². The second-order valence-corrected chi connectivity index (χ2v) is 5.97. The van der Waals surface area contributed by atoms with Gasteiger partial charge in [0.2, 0.25) is 0 Å². The summed E-state index contributed by atoms with van der Waals surface area (Å²) in [6.45, 7) is 0.663. The fraction of sp³-hybridized carbons (Fsp3) is 0.278. The summed E-state index contributed by atoms with van der Waals surface area (Å²) in [7, 11) is 1.50. The molecule has 0 aliphatic heterocycles. The van der Waals surface area contributed by atoms with Crippen LogP contribution in [-0.4, -0.2) is 31.3 Å². The third-order valence-electron chi connectivity index (χ3n) is 3.52. The number of carbonyl (C=O) groups is 1. The van der Waals surface area contributed by atoms with Gasteiger partial charge in [0.15, 0.2) is 5.75 Å². The number of anilines is 1. The second-order valence-electron chi connectivity index (χ2n) is 5.53. The van der Waals surface area contributed by atoms with Crippen LogP contribution in [0.4, 0.5) is 18.9 Å². The molecule has 0 fully saturated rings. The van der Waals surface area contributed by atoms with Gasteiger partial charge < -0.3 is 19.9 Å². The highest BCUT2D eigenvalue weighted by Gasteiger charge is 2.37. The summed E-state index contributed by atoms with van der Waals surface area (Å²) in [6.07, 6.45) is -4.30. The topological polar surface area (TPSA) is 67.8 Å². The van der Waals surface area contributed by atoms with Crippen molar-refractivity contribution in [3.8, 4) is 11.5 Å². The molecule has 27 heavy (non-hydrogen) atoms. The molecule has 0 aliphatic rings. The van der Waals surface area contributed by atoms with E-state index in [0.717, 1.165) is 6.07 Å². The molecule has 0 saturated carbocycles. The molecule has 0 amide bonds. The fourth-order valence-electron chi connectivity index (χ4n) is 2.26. The van der Waals surface area contributed by atoms with Gasteiger partial charge in [-0.15, -0.1) is 0 Å². The molecular weight excluding hydrogens is 387 g/mol. The summed E-state index contributed by atoms with van der Waals surface area (Å²) in [5, 5.41) is 12.3. The molecule has 0 unspecified atom stereocenters. The molecule has 0 saturated heterocycles. The van der Waals surface area contributed by atoms with E-state index in [0.29, 0.717) is 24.1 Å². The highest BCUT2D eigenvalue weighted by molar-refractivity contribution is 6.30. The zero-order valence-electron chi connectivity index (χ0n) is 14.3. The predicted octanol–water partition coefficient (Wildman–Crippen LogP) is 5.30. The van der Waals surface area contributed by atoms with Gasteiger partial charge in [-0.3, -0.25) is 0 Å². The number of aromatic carboxylic acids is 1. The first kappa shape index (κ1) is 20.9. The van der Waals surface area contributed by atoms with Gasteiger partial charge in [0.05, 0.1) is 11.3 Å². The lowest BCUT2D eigenvalue weighted by Gasteiger charge is -2.19. The average Bonchev–Trinajstić information content (AvgIpc) is 2.60. The molecule has 2 aromatic rings. The van der Waals surface area contributed by atoms with Crippen LogP contribution in [-0.2, 0) is 10.9 Å². The van der Waals surface area contributed by atoms with E-state index in [1.165, 1.54) is 31.4 Å². The van der Waals surface area contributed by atoms with Gasteiger partial charge in [-0.1, -0.05) is 11.6 Å². The normalized spacial score (nSPS) is 11.3. The Balaban J connectivity index is 2.49. The minimum Gasteiger partial charge on any atom is -0.478 e. The van der Waals surface area contributed by atoms with Crippen molar-refractivity contribution in [2.45, 2.75) is 12.6 Å². The molecule has 0 atom stereocenters. The number of alkyl halides is 3. The van der Waals surface area contributed by atoms with Crippen LogP contribution in [0.1, 0.15) is 22.3 Å². The second kappa shape index (κ2) is 8.96. The van der Waals surface area contributed by atoms with Crippen LogP contribution in [0.2, 0.25) is 5.02 Å². The van der Waals surface area contributed by atoms with Gasteiger partial charge in [0, 0.05) is 25.3 Å². The molecule has 0 aliphatic carbocycles. The van der Waals surface area contributed by atoms with Gasteiger partial charge in [-0.25, -0.2) is 4.79 Å². The largest absolute Gasteiger partial charge is 0.478 e. The average molecular weight is 404 g/mol. The number of carboxylic acids is 1. The first-order valence-electron chi connectivity index (χ1n) is 7.87. The van der Waals surface area contributed by atoms with Gasteiger partial charge in [0.1, 0.15) is 11.3 Å². The number of methoxy groups -OCH3 is 1. The van der Waals surface area contributed by atoms with Crippen molar-refractivity contribution in [2.75, 3.05) is 25.6 Å². The first-order chi connectivity index (χ1) is 12.7. The Kier molecular flexibility index (Phi) is 6.92. The van der Waals surface area contributed by atoms with Gasteiger partial charge in [0.25, 0.3) is 0 Å². The summed E-state index contributed by atoms with van der Waals surface area (Å²) < 4.78 is 51.0. The number of ether oxygens (including phenoxy) is 2. The maximum absolute atomic E-state index is 13.5. The maximum Gasteiger partial charge on any atom is 0.420 e.